The van der Waals surface area contributed by atoms with Gasteiger partial charge in [0.2, 0.25) is 0 Å². The van der Waals surface area contributed by atoms with E-state index in [0.29, 0.717) is 19.0 Å². The molecule has 0 bridgehead atoms. The lowest BCUT2D eigenvalue weighted by atomic mass is 10.2. The fourth-order valence-corrected chi connectivity index (χ4v) is 2.79. The van der Waals surface area contributed by atoms with Crippen LogP contribution in [0.1, 0.15) is 11.4 Å². The lowest BCUT2D eigenvalue weighted by Crippen LogP contribution is -2.36. The van der Waals surface area contributed by atoms with Gasteiger partial charge in [-0.05, 0) is 29.8 Å². The summed E-state index contributed by atoms with van der Waals surface area (Å²) in [4.78, 5) is 8.79. The second-order valence-electron chi connectivity index (χ2n) is 6.40. The zero-order chi connectivity index (χ0) is 20.9. The molecule has 0 aliphatic heterocycles. The number of nitrogens with zero attached hydrogens (tertiary/aromatic N) is 3. The van der Waals surface area contributed by atoms with Crippen LogP contribution in [0.5, 0.6) is 5.75 Å². The van der Waals surface area contributed by atoms with Crippen molar-refractivity contribution in [3.63, 3.8) is 0 Å². The van der Waals surface area contributed by atoms with Crippen molar-refractivity contribution in [3.8, 4) is 5.75 Å². The van der Waals surface area contributed by atoms with Gasteiger partial charge in [0.15, 0.2) is 12.6 Å². The predicted octanol–water partition coefficient (Wildman–Crippen LogP) is 4.00. The Kier molecular flexibility index (Phi) is 8.33. The monoisotopic (exact) mass is 533 g/mol. The van der Waals surface area contributed by atoms with Crippen LogP contribution >= 0.6 is 24.0 Å². The van der Waals surface area contributed by atoms with Gasteiger partial charge in [-0.2, -0.15) is 13.2 Å². The maximum Gasteiger partial charge on any atom is 0.422 e. The minimum absolute atomic E-state index is 0. The number of guanidine groups is 1. The van der Waals surface area contributed by atoms with Crippen LogP contribution in [0.15, 0.2) is 53.5 Å². The van der Waals surface area contributed by atoms with Crippen molar-refractivity contribution in [1.29, 1.82) is 0 Å². The highest BCUT2D eigenvalue weighted by Gasteiger charge is 2.28. The van der Waals surface area contributed by atoms with Gasteiger partial charge in [-0.25, -0.2) is 4.98 Å². The smallest absolute Gasteiger partial charge is 0.422 e. The molecule has 0 spiro atoms. The number of aromatic nitrogens is 2. The van der Waals surface area contributed by atoms with Gasteiger partial charge in [0.05, 0.1) is 17.6 Å². The molecule has 3 rings (SSSR count). The Morgan fingerprint density at radius 2 is 1.73 bits per heavy atom. The van der Waals surface area contributed by atoms with Crippen molar-refractivity contribution in [1.82, 2.24) is 20.2 Å². The number of ether oxygens (including phenoxy) is 1. The van der Waals surface area contributed by atoms with E-state index in [4.69, 9.17) is 4.74 Å². The average Bonchev–Trinajstić information content (AvgIpc) is 3.03. The van der Waals surface area contributed by atoms with Crippen molar-refractivity contribution in [2.24, 2.45) is 12.0 Å². The van der Waals surface area contributed by atoms with Gasteiger partial charge in [-0.15, -0.1) is 24.0 Å². The van der Waals surface area contributed by atoms with E-state index in [-0.39, 0.29) is 29.7 Å². The standard InChI is InChI=1S/C20H22F3N5O.HI/c1-24-19(26-12-18-27-16-5-3-4-6-17(16)28(18)2)25-11-14-7-9-15(10-8-14)29-13-20(21,22)23;/h3-10H,11-13H2,1-2H3,(H2,24,25,26);1H. The van der Waals surface area contributed by atoms with Crippen molar-refractivity contribution in [2.75, 3.05) is 13.7 Å². The molecule has 0 aliphatic rings. The number of hydrogen-bond donors (Lipinski definition) is 2. The molecule has 10 heteroatoms. The highest BCUT2D eigenvalue weighted by atomic mass is 127. The number of hydrogen-bond acceptors (Lipinski definition) is 3. The van der Waals surface area contributed by atoms with E-state index < -0.39 is 12.8 Å². The van der Waals surface area contributed by atoms with Crippen molar-refractivity contribution >= 4 is 41.0 Å². The minimum Gasteiger partial charge on any atom is -0.484 e. The molecule has 162 valence electrons. The number of aliphatic imine (C=N–C) groups is 1. The van der Waals surface area contributed by atoms with Crippen LogP contribution in [0, 0.1) is 0 Å². The first-order valence-electron chi connectivity index (χ1n) is 8.99. The second kappa shape index (κ2) is 10.5. The van der Waals surface area contributed by atoms with Crippen molar-refractivity contribution < 1.29 is 17.9 Å². The molecule has 0 atom stereocenters. The van der Waals surface area contributed by atoms with E-state index in [1.165, 1.54) is 12.1 Å². The van der Waals surface area contributed by atoms with E-state index >= 15 is 0 Å². The van der Waals surface area contributed by atoms with Crippen LogP contribution < -0.4 is 15.4 Å². The highest BCUT2D eigenvalue weighted by molar-refractivity contribution is 14.0. The highest BCUT2D eigenvalue weighted by Crippen LogP contribution is 2.19. The molecule has 0 radical (unpaired) electrons. The Balaban J connectivity index is 0.00000320. The molecule has 1 heterocycles. The molecule has 0 amide bonds. The van der Waals surface area contributed by atoms with E-state index in [9.17, 15) is 13.2 Å². The normalized spacial score (nSPS) is 11.8. The Labute approximate surface area is 189 Å². The summed E-state index contributed by atoms with van der Waals surface area (Å²) in [5.41, 5.74) is 2.87. The first-order chi connectivity index (χ1) is 13.9. The zero-order valence-electron chi connectivity index (χ0n) is 16.5. The van der Waals surface area contributed by atoms with Crippen molar-refractivity contribution in [2.45, 2.75) is 19.3 Å². The molecule has 2 N–H and O–H groups in total. The lowest BCUT2D eigenvalue weighted by Gasteiger charge is -2.13. The van der Waals surface area contributed by atoms with E-state index in [1.807, 2.05) is 35.9 Å². The number of fused-ring (bicyclic) bond motifs is 1. The summed E-state index contributed by atoms with van der Waals surface area (Å²) in [7, 11) is 3.63. The molecular weight excluding hydrogens is 510 g/mol. The van der Waals surface area contributed by atoms with Crippen LogP contribution in [-0.4, -0.2) is 35.3 Å². The van der Waals surface area contributed by atoms with Crippen LogP contribution in [0.25, 0.3) is 11.0 Å². The number of alkyl halides is 3. The summed E-state index contributed by atoms with van der Waals surface area (Å²) in [6.07, 6.45) is -4.35. The molecule has 2 aromatic carbocycles. The van der Waals surface area contributed by atoms with Crippen molar-refractivity contribution in [3.05, 3.63) is 59.9 Å². The van der Waals surface area contributed by atoms with Crippen LogP contribution in [0.3, 0.4) is 0 Å². The fraction of sp³-hybridized carbons (Fsp3) is 0.300. The topological polar surface area (TPSA) is 63.5 Å². The summed E-state index contributed by atoms with van der Waals surface area (Å²) in [5, 5.41) is 6.38. The third kappa shape index (κ3) is 6.51. The van der Waals surface area contributed by atoms with Gasteiger partial charge >= 0.3 is 6.18 Å². The summed E-state index contributed by atoms with van der Waals surface area (Å²) in [5.74, 6) is 1.64. The first kappa shape index (κ1) is 23.8. The number of nitrogens with one attached hydrogen (secondary N) is 2. The SMILES string of the molecule is CN=C(NCc1ccc(OCC(F)(F)F)cc1)NCc1nc2ccccc2n1C.I. The minimum atomic E-state index is -4.35. The molecule has 0 saturated carbocycles. The number of aryl methyl sites for hydroxylation is 1. The average molecular weight is 533 g/mol. The molecule has 0 fully saturated rings. The maximum absolute atomic E-state index is 12.2. The number of para-hydroxylation sites is 2. The molecule has 1 aromatic heterocycles. The van der Waals surface area contributed by atoms with E-state index in [1.54, 1.807) is 19.2 Å². The molecule has 30 heavy (non-hydrogen) atoms. The largest absolute Gasteiger partial charge is 0.484 e. The predicted molar refractivity (Wildman–Crippen MR) is 121 cm³/mol. The zero-order valence-corrected chi connectivity index (χ0v) is 18.9. The number of rotatable bonds is 6. The molecule has 6 nitrogen and oxygen atoms in total. The number of halogens is 4. The summed E-state index contributed by atoms with van der Waals surface area (Å²) >= 11 is 0. The maximum atomic E-state index is 12.2. The Bertz CT molecular complexity index is 986. The molecule has 0 saturated heterocycles. The van der Waals surface area contributed by atoms with E-state index in [0.717, 1.165) is 22.4 Å². The van der Waals surface area contributed by atoms with Crippen LogP contribution in [0.2, 0.25) is 0 Å². The summed E-state index contributed by atoms with van der Waals surface area (Å²) < 4.78 is 43.3. The number of imidazole rings is 1. The van der Waals surface area contributed by atoms with Gasteiger partial charge < -0.3 is 19.9 Å². The summed E-state index contributed by atoms with van der Waals surface area (Å²) in [6.45, 7) is -0.347. The first-order valence-corrected chi connectivity index (χ1v) is 8.99. The molecule has 0 aliphatic carbocycles. The molecule has 0 unspecified atom stereocenters. The van der Waals surface area contributed by atoms with Gasteiger partial charge in [-0.1, -0.05) is 24.3 Å². The third-order valence-electron chi connectivity index (χ3n) is 4.30. The van der Waals surface area contributed by atoms with Gasteiger partial charge in [0.1, 0.15) is 11.6 Å². The fourth-order valence-electron chi connectivity index (χ4n) is 2.79. The van der Waals surface area contributed by atoms with Crippen LogP contribution in [-0.2, 0) is 20.1 Å². The van der Waals surface area contributed by atoms with Crippen LogP contribution in [0.4, 0.5) is 13.2 Å². The molecule has 3 aromatic rings. The number of benzene rings is 2. The Morgan fingerprint density at radius 1 is 1.07 bits per heavy atom. The van der Waals surface area contributed by atoms with Gasteiger partial charge in [0, 0.05) is 20.6 Å². The lowest BCUT2D eigenvalue weighted by molar-refractivity contribution is -0.153. The van der Waals surface area contributed by atoms with Gasteiger partial charge in [-0.3, -0.25) is 4.99 Å². The summed E-state index contributed by atoms with van der Waals surface area (Å²) in [6, 6.07) is 14.3. The molecular formula is C20H23F3IN5O. The van der Waals surface area contributed by atoms with E-state index in [2.05, 4.69) is 20.6 Å². The third-order valence-corrected chi connectivity index (χ3v) is 4.30. The Morgan fingerprint density at radius 3 is 2.37 bits per heavy atom. The van der Waals surface area contributed by atoms with Gasteiger partial charge in [0.25, 0.3) is 0 Å². The quantitative estimate of drug-likeness (QED) is 0.286. The second-order valence-corrected chi connectivity index (χ2v) is 6.40. The Hall–Kier alpha value is -2.50.